The predicted molar refractivity (Wildman–Crippen MR) is 132 cm³/mol. The molecule has 41 heavy (non-hydrogen) atoms. The third-order valence-electron chi connectivity index (χ3n) is 4.85. The van der Waals surface area contributed by atoms with Crippen LogP contribution in [0.4, 0.5) is 14.0 Å². The number of alkyl halides is 1. The Balaban J connectivity index is 2.18. The van der Waals surface area contributed by atoms with Gasteiger partial charge in [-0.3, -0.25) is 18.9 Å². The number of hydrogen-bond acceptors (Lipinski definition) is 15. The molecular weight excluding hydrogens is 582 g/mol. The SMILES string of the molecule is CC(C)(C)OC(=O)OCOP(=O)(OCOC(=O)OC(C)(C)C)OC[C@@]1(F)O[C@@H](n2ccc(=O)[nH]c2=O)[C@](C)(O)[C@@H]1O. The molecular formula is C22H34FN2O15P. The molecule has 234 valence electrons. The van der Waals surface area contributed by atoms with Gasteiger partial charge in [0.1, 0.15) is 29.5 Å². The highest BCUT2D eigenvalue weighted by Crippen LogP contribution is 2.53. The average Bonchev–Trinajstić information content (AvgIpc) is 2.96. The molecule has 0 aliphatic carbocycles. The van der Waals surface area contributed by atoms with E-state index in [1.165, 1.54) is 41.5 Å². The van der Waals surface area contributed by atoms with Gasteiger partial charge in [-0.15, -0.1) is 0 Å². The lowest BCUT2D eigenvalue weighted by Gasteiger charge is -2.28. The Bertz CT molecular complexity index is 1210. The summed E-state index contributed by atoms with van der Waals surface area (Å²) in [4.78, 5) is 48.9. The zero-order valence-electron chi connectivity index (χ0n) is 23.4. The Morgan fingerprint density at radius 1 is 1.05 bits per heavy atom. The summed E-state index contributed by atoms with van der Waals surface area (Å²) in [5, 5.41) is 21.2. The molecule has 1 aliphatic rings. The largest absolute Gasteiger partial charge is 0.510 e. The van der Waals surface area contributed by atoms with Gasteiger partial charge in [-0.25, -0.2) is 32.4 Å². The molecule has 1 fully saturated rings. The molecule has 0 unspecified atom stereocenters. The molecule has 17 nitrogen and oxygen atoms in total. The number of aromatic nitrogens is 2. The molecule has 0 spiro atoms. The minimum absolute atomic E-state index is 0.599. The fraction of sp³-hybridized carbons (Fsp3) is 0.727. The van der Waals surface area contributed by atoms with Crippen molar-refractivity contribution in [1.82, 2.24) is 9.55 Å². The molecule has 4 atom stereocenters. The lowest BCUT2D eigenvalue weighted by molar-refractivity contribution is -0.206. The van der Waals surface area contributed by atoms with Crippen LogP contribution in [0.5, 0.6) is 0 Å². The summed E-state index contributed by atoms with van der Waals surface area (Å²) in [5.74, 6) is -3.36. The van der Waals surface area contributed by atoms with Crippen molar-refractivity contribution in [2.45, 2.75) is 83.5 Å². The van der Waals surface area contributed by atoms with Crippen LogP contribution in [0.3, 0.4) is 0 Å². The van der Waals surface area contributed by atoms with Crippen LogP contribution in [-0.2, 0) is 41.8 Å². The summed E-state index contributed by atoms with van der Waals surface area (Å²) in [6.07, 6.45) is -5.92. The minimum Gasteiger partial charge on any atom is -0.429 e. The zero-order valence-corrected chi connectivity index (χ0v) is 24.3. The smallest absolute Gasteiger partial charge is 0.429 e. The van der Waals surface area contributed by atoms with Gasteiger partial charge in [0.25, 0.3) is 11.4 Å². The van der Waals surface area contributed by atoms with Gasteiger partial charge >= 0.3 is 25.8 Å². The Hall–Kier alpha value is -2.86. The first-order valence-electron chi connectivity index (χ1n) is 11.9. The molecule has 0 radical (unpaired) electrons. The molecule has 3 N–H and O–H groups in total. The van der Waals surface area contributed by atoms with Gasteiger partial charge in [-0.1, -0.05) is 0 Å². The van der Waals surface area contributed by atoms with E-state index in [2.05, 4.69) is 9.47 Å². The number of hydrogen-bond donors (Lipinski definition) is 3. The van der Waals surface area contributed by atoms with Crippen LogP contribution in [0.25, 0.3) is 0 Å². The second-order valence-corrected chi connectivity index (χ2v) is 12.5. The zero-order chi connectivity index (χ0) is 31.4. The molecule has 0 bridgehead atoms. The highest BCUT2D eigenvalue weighted by atomic mass is 31.2. The third kappa shape index (κ3) is 9.88. The number of phosphoric ester groups is 1. The minimum atomic E-state index is -5.00. The van der Waals surface area contributed by atoms with Gasteiger partial charge in [-0.2, -0.15) is 0 Å². The fourth-order valence-corrected chi connectivity index (χ4v) is 4.04. The van der Waals surface area contributed by atoms with Crippen LogP contribution in [0.15, 0.2) is 21.9 Å². The number of aliphatic hydroxyl groups excluding tert-OH is 1. The highest BCUT2D eigenvalue weighted by molar-refractivity contribution is 7.48. The molecule has 1 aromatic heterocycles. The average molecular weight is 616 g/mol. The van der Waals surface area contributed by atoms with Crippen molar-refractivity contribution >= 4 is 20.1 Å². The summed E-state index contributed by atoms with van der Waals surface area (Å²) < 4.78 is 68.2. The van der Waals surface area contributed by atoms with E-state index in [1.807, 2.05) is 4.98 Å². The van der Waals surface area contributed by atoms with Gasteiger partial charge in [0.2, 0.25) is 13.6 Å². The second-order valence-electron chi connectivity index (χ2n) is 10.8. The Labute approximate surface area is 233 Å². The van der Waals surface area contributed by atoms with Crippen molar-refractivity contribution in [3.8, 4) is 0 Å². The quantitative estimate of drug-likeness (QED) is 0.194. The monoisotopic (exact) mass is 616 g/mol. The molecule has 19 heteroatoms. The van der Waals surface area contributed by atoms with Crippen molar-refractivity contribution in [2.24, 2.45) is 0 Å². The first-order chi connectivity index (χ1) is 18.6. The lowest BCUT2D eigenvalue weighted by atomic mass is 9.95. The molecule has 0 saturated carbocycles. The maximum atomic E-state index is 15.8. The van der Waals surface area contributed by atoms with E-state index in [4.69, 9.17) is 27.8 Å². The Kier molecular flexibility index (Phi) is 10.5. The van der Waals surface area contributed by atoms with Gasteiger partial charge < -0.3 is 33.9 Å². The van der Waals surface area contributed by atoms with E-state index in [1.54, 1.807) is 0 Å². The van der Waals surface area contributed by atoms with Gasteiger partial charge in [-0.05, 0) is 48.5 Å². The second kappa shape index (κ2) is 12.6. The molecule has 0 amide bonds. The molecule has 2 rings (SSSR count). The van der Waals surface area contributed by atoms with Gasteiger partial charge in [0, 0.05) is 12.3 Å². The topological polar surface area (TPSA) is 220 Å². The first kappa shape index (κ1) is 34.3. The van der Waals surface area contributed by atoms with Crippen molar-refractivity contribution < 1.29 is 66.0 Å². The van der Waals surface area contributed by atoms with Crippen LogP contribution < -0.4 is 11.2 Å². The number of H-pyrrole nitrogens is 1. The number of halogens is 1. The van der Waals surface area contributed by atoms with E-state index < -0.39 is 86.6 Å². The third-order valence-corrected chi connectivity index (χ3v) is 6.14. The Morgan fingerprint density at radius 2 is 1.54 bits per heavy atom. The lowest BCUT2D eigenvalue weighted by Crippen LogP contribution is -2.50. The summed E-state index contributed by atoms with van der Waals surface area (Å²) in [6, 6.07) is 0.882. The van der Waals surface area contributed by atoms with E-state index in [0.717, 1.165) is 19.2 Å². The first-order valence-corrected chi connectivity index (χ1v) is 13.4. The number of nitrogens with one attached hydrogen (secondary N) is 1. The molecule has 1 saturated heterocycles. The summed E-state index contributed by atoms with van der Waals surface area (Å²) in [5.41, 5.74) is -6.29. The molecule has 0 aromatic carbocycles. The Morgan fingerprint density at radius 3 is 1.98 bits per heavy atom. The number of phosphoric acid groups is 1. The van der Waals surface area contributed by atoms with Crippen LogP contribution in [0.2, 0.25) is 0 Å². The van der Waals surface area contributed by atoms with E-state index in [0.29, 0.717) is 4.57 Å². The number of nitrogens with zero attached hydrogens (tertiary/aromatic N) is 1. The van der Waals surface area contributed by atoms with Gasteiger partial charge in [0.15, 0.2) is 6.23 Å². The predicted octanol–water partition coefficient (Wildman–Crippen LogP) is 1.82. The number of rotatable bonds is 10. The van der Waals surface area contributed by atoms with E-state index in [9.17, 15) is 34.0 Å². The summed E-state index contributed by atoms with van der Waals surface area (Å²) in [6.45, 7) is 6.46. The van der Waals surface area contributed by atoms with Crippen LogP contribution >= 0.6 is 7.82 Å². The summed E-state index contributed by atoms with van der Waals surface area (Å²) in [7, 11) is -5.00. The van der Waals surface area contributed by atoms with E-state index >= 15 is 4.39 Å². The van der Waals surface area contributed by atoms with Crippen molar-refractivity contribution in [1.29, 1.82) is 0 Å². The maximum absolute atomic E-state index is 15.8. The van der Waals surface area contributed by atoms with E-state index in [-0.39, 0.29) is 0 Å². The van der Waals surface area contributed by atoms with Crippen molar-refractivity contribution in [2.75, 3.05) is 20.2 Å². The number of ether oxygens (including phenoxy) is 5. The fourth-order valence-electron chi connectivity index (χ4n) is 3.12. The summed E-state index contributed by atoms with van der Waals surface area (Å²) >= 11 is 0. The van der Waals surface area contributed by atoms with Crippen molar-refractivity contribution in [3.63, 3.8) is 0 Å². The normalized spacial score (nSPS) is 25.0. The standard InChI is InChI=1S/C22H34FN2O15P/c1-19(2,3)39-17(29)33-11-36-41(32,37-12-34-18(30)40-20(4,5)6)35-10-22(23)14(27)21(7,31)15(38-22)25-9-8-13(26)24-16(25)28/h8-9,14-15,27,31H,10-12H2,1-7H3,(H,24,26,28)/t14-,15+,21+,22+/m0/s1. The highest BCUT2D eigenvalue weighted by Gasteiger charge is 2.63. The molecule has 2 heterocycles. The number of carbonyl (C=O) groups is 2. The molecule has 1 aliphatic heterocycles. The number of carbonyl (C=O) groups excluding carboxylic acids is 2. The molecule has 1 aromatic rings. The number of aliphatic hydroxyl groups is 2. The van der Waals surface area contributed by atoms with Crippen molar-refractivity contribution in [3.05, 3.63) is 33.1 Å². The van der Waals surface area contributed by atoms with Crippen LogP contribution in [0.1, 0.15) is 54.7 Å². The van der Waals surface area contributed by atoms with Crippen LogP contribution in [-0.4, -0.2) is 81.0 Å². The van der Waals surface area contributed by atoms with Gasteiger partial charge in [0.05, 0.1) is 0 Å². The number of aromatic amines is 1. The van der Waals surface area contributed by atoms with Crippen LogP contribution in [0, 0.1) is 0 Å². The maximum Gasteiger partial charge on any atom is 0.510 e.